The maximum atomic E-state index is 11.1. The number of nitro groups is 1. The Morgan fingerprint density at radius 2 is 2.05 bits per heavy atom. The van der Waals surface area contributed by atoms with Gasteiger partial charge in [-0.1, -0.05) is 11.6 Å². The number of hydrogen-bond acceptors (Lipinski definition) is 4. The molecule has 1 aromatic carbocycles. The van der Waals surface area contributed by atoms with Crippen molar-refractivity contribution in [3.63, 3.8) is 0 Å². The molecule has 1 aliphatic rings. The Balaban J connectivity index is 1.90. The number of primary amides is 1. The molecule has 1 aliphatic carbocycles. The van der Waals surface area contributed by atoms with E-state index in [-0.39, 0.29) is 23.6 Å². The quantitative estimate of drug-likeness (QED) is 0.644. The van der Waals surface area contributed by atoms with Crippen molar-refractivity contribution in [1.82, 2.24) is 5.32 Å². The third kappa shape index (κ3) is 4.15. The Morgan fingerprint density at radius 1 is 1.38 bits per heavy atom. The van der Waals surface area contributed by atoms with Crippen LogP contribution in [0.3, 0.4) is 0 Å². The number of nitrogens with zero attached hydrogens (tertiary/aromatic N) is 1. The number of halogens is 1. The first-order valence-corrected chi connectivity index (χ1v) is 7.30. The Bertz CT molecular complexity index is 542. The van der Waals surface area contributed by atoms with E-state index < -0.39 is 4.92 Å². The summed E-state index contributed by atoms with van der Waals surface area (Å²) in [7, 11) is 0. The lowest BCUT2D eigenvalue weighted by atomic mass is 9.85. The fraction of sp³-hybridized carbons (Fsp3) is 0.500. The second-order valence-electron chi connectivity index (χ2n) is 5.36. The second kappa shape index (κ2) is 6.87. The average molecular weight is 312 g/mol. The molecular weight excluding hydrogens is 294 g/mol. The number of carbonyl (C=O) groups is 1. The highest BCUT2D eigenvalue weighted by Gasteiger charge is 2.24. The number of hydrogen-bond donors (Lipinski definition) is 2. The highest BCUT2D eigenvalue weighted by Crippen LogP contribution is 2.26. The Morgan fingerprint density at radius 3 is 2.62 bits per heavy atom. The molecule has 1 fully saturated rings. The van der Waals surface area contributed by atoms with E-state index in [1.807, 2.05) is 0 Å². The van der Waals surface area contributed by atoms with Crippen molar-refractivity contribution < 1.29 is 9.72 Å². The molecule has 0 radical (unpaired) electrons. The van der Waals surface area contributed by atoms with Crippen molar-refractivity contribution in [1.29, 1.82) is 0 Å². The molecule has 3 N–H and O–H groups in total. The maximum absolute atomic E-state index is 11.1. The summed E-state index contributed by atoms with van der Waals surface area (Å²) < 4.78 is 0. The lowest BCUT2D eigenvalue weighted by Gasteiger charge is -2.27. The van der Waals surface area contributed by atoms with Crippen LogP contribution in [0, 0.1) is 16.0 Å². The summed E-state index contributed by atoms with van der Waals surface area (Å²) in [4.78, 5) is 21.4. The minimum absolute atomic E-state index is 0.0237. The van der Waals surface area contributed by atoms with Crippen LogP contribution in [0.15, 0.2) is 18.2 Å². The van der Waals surface area contributed by atoms with Crippen LogP contribution in [0.5, 0.6) is 0 Å². The second-order valence-corrected chi connectivity index (χ2v) is 5.77. The zero-order chi connectivity index (χ0) is 15.4. The monoisotopic (exact) mass is 311 g/mol. The summed E-state index contributed by atoms with van der Waals surface area (Å²) in [5.41, 5.74) is 6.05. The van der Waals surface area contributed by atoms with Gasteiger partial charge in [0.15, 0.2) is 0 Å². The van der Waals surface area contributed by atoms with Gasteiger partial charge in [-0.2, -0.15) is 0 Å². The standard InChI is InChI=1S/C14H18ClN3O3/c15-13-6-5-12(18(20)21)7-10(13)8-17-11-3-1-9(2-4-11)14(16)19/h5-7,9,11,17H,1-4,8H2,(H2,16,19). The van der Waals surface area contributed by atoms with Gasteiger partial charge in [0.2, 0.25) is 5.91 Å². The van der Waals surface area contributed by atoms with Crippen LogP contribution in [0.2, 0.25) is 5.02 Å². The zero-order valence-electron chi connectivity index (χ0n) is 11.5. The molecule has 1 saturated carbocycles. The molecule has 0 spiro atoms. The lowest BCUT2D eigenvalue weighted by molar-refractivity contribution is -0.384. The largest absolute Gasteiger partial charge is 0.369 e. The van der Waals surface area contributed by atoms with E-state index in [0.29, 0.717) is 17.1 Å². The predicted molar refractivity (Wildman–Crippen MR) is 79.9 cm³/mol. The van der Waals surface area contributed by atoms with Gasteiger partial charge in [-0.05, 0) is 37.3 Å². The number of amides is 1. The van der Waals surface area contributed by atoms with Gasteiger partial charge >= 0.3 is 0 Å². The lowest BCUT2D eigenvalue weighted by Crippen LogP contribution is -2.36. The number of carbonyl (C=O) groups excluding carboxylic acids is 1. The van der Waals surface area contributed by atoms with Crippen molar-refractivity contribution in [3.05, 3.63) is 38.9 Å². The van der Waals surface area contributed by atoms with Crippen LogP contribution in [-0.4, -0.2) is 16.9 Å². The van der Waals surface area contributed by atoms with Crippen LogP contribution < -0.4 is 11.1 Å². The van der Waals surface area contributed by atoms with Gasteiger partial charge in [-0.15, -0.1) is 0 Å². The third-order valence-electron chi connectivity index (χ3n) is 3.95. The molecule has 0 unspecified atom stereocenters. The van der Waals surface area contributed by atoms with Crippen molar-refractivity contribution in [3.8, 4) is 0 Å². The third-order valence-corrected chi connectivity index (χ3v) is 4.32. The van der Waals surface area contributed by atoms with E-state index in [4.69, 9.17) is 17.3 Å². The van der Waals surface area contributed by atoms with E-state index >= 15 is 0 Å². The molecule has 21 heavy (non-hydrogen) atoms. The molecule has 0 heterocycles. The Labute approximate surface area is 127 Å². The van der Waals surface area contributed by atoms with Gasteiger partial charge < -0.3 is 11.1 Å². The molecular formula is C14H18ClN3O3. The first-order valence-electron chi connectivity index (χ1n) is 6.93. The molecule has 0 aromatic heterocycles. The first kappa shape index (κ1) is 15.7. The highest BCUT2D eigenvalue weighted by molar-refractivity contribution is 6.31. The van der Waals surface area contributed by atoms with E-state index in [9.17, 15) is 14.9 Å². The van der Waals surface area contributed by atoms with E-state index in [0.717, 1.165) is 25.7 Å². The van der Waals surface area contributed by atoms with E-state index in [1.165, 1.54) is 12.1 Å². The number of nitrogens with one attached hydrogen (secondary N) is 1. The molecule has 0 bridgehead atoms. The number of nitro benzene ring substituents is 1. The molecule has 1 aromatic rings. The summed E-state index contributed by atoms with van der Waals surface area (Å²) in [6, 6.07) is 4.71. The number of non-ortho nitro benzene ring substituents is 1. The molecule has 7 heteroatoms. The summed E-state index contributed by atoms with van der Waals surface area (Å²) >= 11 is 6.06. The smallest absolute Gasteiger partial charge is 0.269 e. The Hall–Kier alpha value is -1.66. The molecule has 0 aliphatic heterocycles. The van der Waals surface area contributed by atoms with Gasteiger partial charge in [0.1, 0.15) is 0 Å². The van der Waals surface area contributed by atoms with Crippen LogP contribution in [0.4, 0.5) is 5.69 Å². The number of benzene rings is 1. The SMILES string of the molecule is NC(=O)C1CCC(NCc2cc([N+](=O)[O-])ccc2Cl)CC1. The van der Waals surface area contributed by atoms with Crippen LogP contribution in [0.25, 0.3) is 0 Å². The molecule has 0 saturated heterocycles. The fourth-order valence-corrected chi connectivity index (χ4v) is 2.83. The van der Waals surface area contributed by atoms with Crippen molar-refractivity contribution in [2.24, 2.45) is 11.7 Å². The van der Waals surface area contributed by atoms with Gasteiger partial charge in [0, 0.05) is 35.7 Å². The molecule has 6 nitrogen and oxygen atoms in total. The van der Waals surface area contributed by atoms with E-state index in [1.54, 1.807) is 6.07 Å². The van der Waals surface area contributed by atoms with Crippen molar-refractivity contribution in [2.45, 2.75) is 38.3 Å². The number of rotatable bonds is 5. The maximum Gasteiger partial charge on any atom is 0.269 e. The summed E-state index contributed by atoms with van der Waals surface area (Å²) in [5, 5.41) is 14.6. The highest BCUT2D eigenvalue weighted by atomic mass is 35.5. The van der Waals surface area contributed by atoms with Crippen molar-refractivity contribution in [2.75, 3.05) is 0 Å². The molecule has 114 valence electrons. The van der Waals surface area contributed by atoms with Crippen LogP contribution >= 0.6 is 11.6 Å². The van der Waals surface area contributed by atoms with Crippen LogP contribution in [0.1, 0.15) is 31.2 Å². The first-order chi connectivity index (χ1) is 9.97. The van der Waals surface area contributed by atoms with Gasteiger partial charge in [-0.3, -0.25) is 14.9 Å². The minimum atomic E-state index is -0.433. The zero-order valence-corrected chi connectivity index (χ0v) is 12.3. The van der Waals surface area contributed by atoms with E-state index in [2.05, 4.69) is 5.32 Å². The minimum Gasteiger partial charge on any atom is -0.369 e. The normalized spacial score (nSPS) is 22.0. The van der Waals surface area contributed by atoms with Gasteiger partial charge in [0.05, 0.1) is 4.92 Å². The number of nitrogens with two attached hydrogens (primary N) is 1. The predicted octanol–water partition coefficient (Wildman–Crippen LogP) is 2.38. The van der Waals surface area contributed by atoms with Gasteiger partial charge in [-0.25, -0.2) is 0 Å². The summed E-state index contributed by atoms with van der Waals surface area (Å²) in [5.74, 6) is -0.250. The van der Waals surface area contributed by atoms with Crippen LogP contribution in [-0.2, 0) is 11.3 Å². The molecule has 0 atom stereocenters. The topological polar surface area (TPSA) is 98.3 Å². The molecule has 1 amide bonds. The molecule has 2 rings (SSSR count). The Kier molecular flexibility index (Phi) is 5.14. The summed E-state index contributed by atoms with van der Waals surface area (Å²) in [6.07, 6.45) is 3.33. The van der Waals surface area contributed by atoms with Gasteiger partial charge in [0.25, 0.3) is 5.69 Å². The average Bonchev–Trinajstić information content (AvgIpc) is 2.46. The van der Waals surface area contributed by atoms with Crippen molar-refractivity contribution >= 4 is 23.2 Å². The fourth-order valence-electron chi connectivity index (χ4n) is 2.65. The summed E-state index contributed by atoms with van der Waals surface area (Å²) in [6.45, 7) is 0.479.